The summed E-state index contributed by atoms with van der Waals surface area (Å²) in [6, 6.07) is 6.64. The van der Waals surface area contributed by atoms with Gasteiger partial charge in [0.25, 0.3) is 0 Å². The lowest BCUT2D eigenvalue weighted by Crippen LogP contribution is -2.38. The molecule has 20 heavy (non-hydrogen) atoms. The number of hydrogen-bond acceptors (Lipinski definition) is 3. The van der Waals surface area contributed by atoms with Gasteiger partial charge in [-0.3, -0.25) is 0 Å². The van der Waals surface area contributed by atoms with Crippen LogP contribution in [0.1, 0.15) is 45.2 Å². The monoisotopic (exact) mass is 341 g/mol. The Morgan fingerprint density at radius 1 is 1.45 bits per heavy atom. The summed E-state index contributed by atoms with van der Waals surface area (Å²) in [4.78, 5) is 0. The van der Waals surface area contributed by atoms with Crippen molar-refractivity contribution in [2.75, 3.05) is 13.7 Å². The molecule has 1 aromatic carbocycles. The Balaban J connectivity index is 2.21. The maximum Gasteiger partial charge on any atom is 0.125 e. The molecule has 0 fully saturated rings. The molecule has 3 nitrogen and oxygen atoms in total. The summed E-state index contributed by atoms with van der Waals surface area (Å²) in [5.41, 5.74) is 1.09. The van der Waals surface area contributed by atoms with E-state index in [2.05, 4.69) is 60.2 Å². The third-order valence-electron chi connectivity index (χ3n) is 3.87. The molecule has 2 unspecified atom stereocenters. The summed E-state index contributed by atoms with van der Waals surface area (Å²) in [6.07, 6.45) is 2.04. The molecule has 4 heteroatoms. The van der Waals surface area contributed by atoms with Crippen LogP contribution in [0.25, 0.3) is 0 Å². The Labute approximate surface area is 130 Å². The third kappa shape index (κ3) is 3.74. The van der Waals surface area contributed by atoms with Gasteiger partial charge in [0.1, 0.15) is 11.9 Å². The zero-order chi connectivity index (χ0) is 14.8. The van der Waals surface area contributed by atoms with E-state index in [0.29, 0.717) is 6.04 Å². The quantitative estimate of drug-likeness (QED) is 0.875. The Kier molecular flexibility index (Phi) is 5.10. The number of benzene rings is 1. The predicted molar refractivity (Wildman–Crippen MR) is 85.3 cm³/mol. The molecule has 2 rings (SSSR count). The lowest BCUT2D eigenvalue weighted by atomic mass is 9.90. The SMILES string of the molecule is CCNC1CC(CC(C)(C)OC)Oc2cc(Br)ccc21. The van der Waals surface area contributed by atoms with Gasteiger partial charge in [-0.25, -0.2) is 0 Å². The molecule has 1 aromatic rings. The minimum absolute atomic E-state index is 0.162. The van der Waals surface area contributed by atoms with Crippen LogP contribution in [-0.4, -0.2) is 25.4 Å². The molecule has 0 saturated heterocycles. The van der Waals surface area contributed by atoms with Crippen LogP contribution in [0, 0.1) is 0 Å². The number of rotatable bonds is 5. The summed E-state index contributed by atoms with van der Waals surface area (Å²) < 4.78 is 12.8. The first-order chi connectivity index (χ1) is 9.45. The highest BCUT2D eigenvalue weighted by Gasteiger charge is 2.32. The molecule has 1 aliphatic heterocycles. The summed E-state index contributed by atoms with van der Waals surface area (Å²) in [6.45, 7) is 7.31. The molecule has 0 saturated carbocycles. The number of methoxy groups -OCH3 is 1. The average Bonchev–Trinajstić information content (AvgIpc) is 2.38. The van der Waals surface area contributed by atoms with Gasteiger partial charge in [-0.1, -0.05) is 28.9 Å². The Bertz CT molecular complexity index is 462. The molecule has 1 N–H and O–H groups in total. The van der Waals surface area contributed by atoms with Gasteiger partial charge in [-0.05, 0) is 32.5 Å². The summed E-state index contributed by atoms with van der Waals surface area (Å²) in [5.74, 6) is 0.980. The molecular formula is C16H24BrNO2. The van der Waals surface area contributed by atoms with Crippen LogP contribution < -0.4 is 10.1 Å². The van der Waals surface area contributed by atoms with E-state index in [1.54, 1.807) is 7.11 Å². The average molecular weight is 342 g/mol. The van der Waals surface area contributed by atoms with Crippen molar-refractivity contribution < 1.29 is 9.47 Å². The first-order valence-corrected chi connectivity index (χ1v) is 7.99. The van der Waals surface area contributed by atoms with E-state index >= 15 is 0 Å². The van der Waals surface area contributed by atoms with Crippen LogP contribution in [-0.2, 0) is 4.74 Å². The fraction of sp³-hybridized carbons (Fsp3) is 0.625. The Morgan fingerprint density at radius 2 is 2.20 bits per heavy atom. The normalized spacial score (nSPS) is 22.2. The van der Waals surface area contributed by atoms with Crippen molar-refractivity contribution >= 4 is 15.9 Å². The summed E-state index contributed by atoms with van der Waals surface area (Å²) in [7, 11) is 1.76. The van der Waals surface area contributed by atoms with E-state index < -0.39 is 0 Å². The van der Waals surface area contributed by atoms with E-state index in [0.717, 1.165) is 29.6 Å². The zero-order valence-corrected chi connectivity index (χ0v) is 14.3. The minimum Gasteiger partial charge on any atom is -0.490 e. The van der Waals surface area contributed by atoms with Crippen molar-refractivity contribution in [1.29, 1.82) is 0 Å². The van der Waals surface area contributed by atoms with Crippen molar-refractivity contribution in [3.05, 3.63) is 28.2 Å². The van der Waals surface area contributed by atoms with Crippen molar-refractivity contribution in [2.24, 2.45) is 0 Å². The highest BCUT2D eigenvalue weighted by molar-refractivity contribution is 9.10. The van der Waals surface area contributed by atoms with Crippen LogP contribution in [0.2, 0.25) is 0 Å². The maximum atomic E-state index is 6.18. The number of fused-ring (bicyclic) bond motifs is 1. The number of hydrogen-bond donors (Lipinski definition) is 1. The first-order valence-electron chi connectivity index (χ1n) is 7.20. The first kappa shape index (κ1) is 15.8. The van der Waals surface area contributed by atoms with Crippen molar-refractivity contribution in [3.63, 3.8) is 0 Å². The van der Waals surface area contributed by atoms with Crippen LogP contribution in [0.3, 0.4) is 0 Å². The fourth-order valence-electron chi connectivity index (χ4n) is 2.71. The van der Waals surface area contributed by atoms with Crippen molar-refractivity contribution in [2.45, 2.75) is 51.4 Å². The summed E-state index contributed by atoms with van der Waals surface area (Å²) in [5, 5.41) is 3.56. The Hall–Kier alpha value is -0.580. The second kappa shape index (κ2) is 6.46. The van der Waals surface area contributed by atoms with Gasteiger partial charge >= 0.3 is 0 Å². The summed E-state index contributed by atoms with van der Waals surface area (Å²) >= 11 is 3.52. The van der Waals surface area contributed by atoms with E-state index in [9.17, 15) is 0 Å². The molecule has 0 aliphatic carbocycles. The standard InChI is InChI=1S/C16H24BrNO2/c1-5-18-14-9-12(10-16(2,3)19-4)20-15-8-11(17)6-7-13(14)15/h6-8,12,14,18H,5,9-10H2,1-4H3. The lowest BCUT2D eigenvalue weighted by Gasteiger charge is -2.36. The molecule has 0 spiro atoms. The van der Waals surface area contributed by atoms with E-state index in [1.165, 1.54) is 5.56 Å². The largest absolute Gasteiger partial charge is 0.490 e. The van der Waals surface area contributed by atoms with E-state index in [-0.39, 0.29) is 11.7 Å². The molecule has 1 heterocycles. The van der Waals surface area contributed by atoms with Gasteiger partial charge in [0.15, 0.2) is 0 Å². The second-order valence-electron chi connectivity index (χ2n) is 5.94. The number of ether oxygens (including phenoxy) is 2. The molecule has 0 radical (unpaired) electrons. The number of halogens is 1. The zero-order valence-electron chi connectivity index (χ0n) is 12.7. The highest BCUT2D eigenvalue weighted by Crippen LogP contribution is 2.38. The van der Waals surface area contributed by atoms with Gasteiger partial charge in [0.05, 0.1) is 5.60 Å². The molecule has 0 bridgehead atoms. The maximum absolute atomic E-state index is 6.18. The molecule has 0 aromatic heterocycles. The minimum atomic E-state index is -0.162. The number of nitrogens with one attached hydrogen (secondary N) is 1. The van der Waals surface area contributed by atoms with Crippen molar-refractivity contribution in [1.82, 2.24) is 5.32 Å². The molecule has 112 valence electrons. The second-order valence-corrected chi connectivity index (χ2v) is 6.85. The van der Waals surface area contributed by atoms with Crippen LogP contribution in [0.5, 0.6) is 5.75 Å². The van der Waals surface area contributed by atoms with Crippen molar-refractivity contribution in [3.8, 4) is 5.75 Å². The van der Waals surface area contributed by atoms with E-state index in [1.807, 2.05) is 0 Å². The van der Waals surface area contributed by atoms with Gasteiger partial charge in [-0.15, -0.1) is 0 Å². The predicted octanol–water partition coefficient (Wildman–Crippen LogP) is 4.07. The lowest BCUT2D eigenvalue weighted by molar-refractivity contribution is -0.0204. The Morgan fingerprint density at radius 3 is 2.85 bits per heavy atom. The van der Waals surface area contributed by atoms with Gasteiger partial charge in [0, 0.05) is 36.0 Å². The van der Waals surface area contributed by atoms with Crippen LogP contribution in [0.15, 0.2) is 22.7 Å². The molecule has 1 aliphatic rings. The smallest absolute Gasteiger partial charge is 0.125 e. The van der Waals surface area contributed by atoms with Gasteiger partial charge in [-0.2, -0.15) is 0 Å². The molecule has 0 amide bonds. The van der Waals surface area contributed by atoms with Crippen LogP contribution in [0.4, 0.5) is 0 Å². The van der Waals surface area contributed by atoms with Gasteiger partial charge < -0.3 is 14.8 Å². The highest BCUT2D eigenvalue weighted by atomic mass is 79.9. The third-order valence-corrected chi connectivity index (χ3v) is 4.36. The fourth-order valence-corrected chi connectivity index (χ4v) is 3.05. The van der Waals surface area contributed by atoms with Crippen LogP contribution >= 0.6 is 15.9 Å². The molecular weight excluding hydrogens is 318 g/mol. The molecule has 2 atom stereocenters. The topological polar surface area (TPSA) is 30.5 Å². The van der Waals surface area contributed by atoms with E-state index in [4.69, 9.17) is 9.47 Å². The van der Waals surface area contributed by atoms with Gasteiger partial charge in [0.2, 0.25) is 0 Å².